The zero-order chi connectivity index (χ0) is 11.5. The van der Waals surface area contributed by atoms with Crippen LogP contribution in [0.2, 0.25) is 0 Å². The Bertz CT molecular complexity index is 295. The molecule has 1 atom stereocenters. The molecule has 90 valence electrons. The fraction of sp³-hybridized carbons (Fsp3) is 0.800. The minimum absolute atomic E-state index is 0.0937. The lowest BCUT2D eigenvalue weighted by molar-refractivity contribution is -0.129. The van der Waals surface area contributed by atoms with Gasteiger partial charge in [0.05, 0.1) is 6.54 Å². The molecule has 2 aliphatic rings. The Kier molecular flexibility index (Phi) is 3.40. The highest BCUT2D eigenvalue weighted by atomic mass is 16.2. The molecule has 0 bridgehead atoms. The Morgan fingerprint density at radius 2 is 2.25 bits per heavy atom. The van der Waals surface area contributed by atoms with Gasteiger partial charge in [0.1, 0.15) is 0 Å². The van der Waals surface area contributed by atoms with Crippen molar-refractivity contribution in [2.75, 3.05) is 39.3 Å². The first kappa shape index (κ1) is 11.3. The molecular weight excluding hydrogens is 208 g/mol. The second-order valence-corrected chi connectivity index (χ2v) is 4.30. The highest BCUT2D eigenvalue weighted by molar-refractivity contribution is 5.96. The number of carbonyl (C=O) groups excluding carboxylic acids is 2. The van der Waals surface area contributed by atoms with E-state index >= 15 is 0 Å². The smallest absolute Gasteiger partial charge is 0.324 e. The quantitative estimate of drug-likeness (QED) is 0.623. The average molecular weight is 226 g/mol. The van der Waals surface area contributed by atoms with E-state index < -0.39 is 0 Å². The van der Waals surface area contributed by atoms with E-state index in [2.05, 4.69) is 22.5 Å². The Balaban J connectivity index is 1.88. The maximum atomic E-state index is 11.9. The predicted molar refractivity (Wildman–Crippen MR) is 59.0 cm³/mol. The fourth-order valence-corrected chi connectivity index (χ4v) is 2.09. The Labute approximate surface area is 95.0 Å². The van der Waals surface area contributed by atoms with Gasteiger partial charge in [0.15, 0.2) is 0 Å². The predicted octanol–water partition coefficient (Wildman–Crippen LogP) is -1.17. The number of nitrogens with one attached hydrogen (secondary N) is 2. The normalized spacial score (nSPS) is 26.9. The standard InChI is InChI=1S/C10H18N4O2/c1-8-6-11-2-4-13(8)7-9(15)14-5-3-12-10(14)16/h8,11H,2-7H2,1H3,(H,12,16)/t8-/m0/s1. The molecule has 3 amide bonds. The Morgan fingerprint density at radius 3 is 2.88 bits per heavy atom. The van der Waals surface area contributed by atoms with Gasteiger partial charge in [-0.05, 0) is 6.92 Å². The van der Waals surface area contributed by atoms with Gasteiger partial charge in [0, 0.05) is 38.8 Å². The topological polar surface area (TPSA) is 64.7 Å². The summed E-state index contributed by atoms with van der Waals surface area (Å²) in [4.78, 5) is 26.6. The highest BCUT2D eigenvalue weighted by Crippen LogP contribution is 2.05. The van der Waals surface area contributed by atoms with Crippen molar-refractivity contribution in [3.8, 4) is 0 Å². The molecule has 2 rings (SSSR count). The van der Waals surface area contributed by atoms with Crippen molar-refractivity contribution in [3.05, 3.63) is 0 Å². The van der Waals surface area contributed by atoms with Crippen molar-refractivity contribution >= 4 is 11.9 Å². The lowest BCUT2D eigenvalue weighted by Gasteiger charge is -2.33. The number of urea groups is 1. The Morgan fingerprint density at radius 1 is 1.44 bits per heavy atom. The van der Waals surface area contributed by atoms with Crippen LogP contribution in [0.5, 0.6) is 0 Å². The number of imide groups is 1. The monoisotopic (exact) mass is 226 g/mol. The van der Waals surface area contributed by atoms with Crippen LogP contribution >= 0.6 is 0 Å². The number of piperazine rings is 1. The second-order valence-electron chi connectivity index (χ2n) is 4.30. The molecule has 16 heavy (non-hydrogen) atoms. The first-order chi connectivity index (χ1) is 7.68. The third-order valence-electron chi connectivity index (χ3n) is 3.14. The van der Waals surface area contributed by atoms with Gasteiger partial charge in [-0.2, -0.15) is 0 Å². The summed E-state index contributed by atoms with van der Waals surface area (Å²) in [6.45, 7) is 6.17. The summed E-state index contributed by atoms with van der Waals surface area (Å²) >= 11 is 0. The van der Waals surface area contributed by atoms with Crippen molar-refractivity contribution in [2.45, 2.75) is 13.0 Å². The largest absolute Gasteiger partial charge is 0.336 e. The van der Waals surface area contributed by atoms with E-state index in [4.69, 9.17) is 0 Å². The van der Waals surface area contributed by atoms with E-state index in [1.165, 1.54) is 4.90 Å². The molecule has 6 heteroatoms. The molecule has 0 aromatic carbocycles. The molecule has 0 aromatic rings. The molecule has 2 N–H and O–H groups in total. The molecule has 0 radical (unpaired) electrons. The number of nitrogens with zero attached hydrogens (tertiary/aromatic N) is 2. The van der Waals surface area contributed by atoms with Crippen molar-refractivity contribution < 1.29 is 9.59 Å². The van der Waals surface area contributed by atoms with Gasteiger partial charge in [0.25, 0.3) is 0 Å². The van der Waals surface area contributed by atoms with Crippen LogP contribution in [-0.4, -0.2) is 67.0 Å². The molecular formula is C10H18N4O2. The van der Waals surface area contributed by atoms with E-state index in [1.54, 1.807) is 0 Å². The SMILES string of the molecule is C[C@H]1CNCCN1CC(=O)N1CCNC1=O. The van der Waals surface area contributed by atoms with Crippen molar-refractivity contribution in [1.82, 2.24) is 20.4 Å². The van der Waals surface area contributed by atoms with E-state index in [9.17, 15) is 9.59 Å². The van der Waals surface area contributed by atoms with Crippen LogP contribution in [0.25, 0.3) is 0 Å². The number of rotatable bonds is 2. The van der Waals surface area contributed by atoms with Crippen LogP contribution in [0.4, 0.5) is 4.79 Å². The third-order valence-corrected chi connectivity index (χ3v) is 3.14. The van der Waals surface area contributed by atoms with Crippen molar-refractivity contribution in [1.29, 1.82) is 0 Å². The Hall–Kier alpha value is -1.14. The summed E-state index contributed by atoms with van der Waals surface area (Å²) in [5.74, 6) is -0.0937. The van der Waals surface area contributed by atoms with E-state index in [1.807, 2.05) is 0 Å². The summed E-state index contributed by atoms with van der Waals surface area (Å²) in [6, 6.07) is 0.0937. The van der Waals surface area contributed by atoms with E-state index in [-0.39, 0.29) is 11.9 Å². The number of carbonyl (C=O) groups is 2. The molecule has 2 fully saturated rings. The van der Waals surface area contributed by atoms with Crippen LogP contribution in [0.15, 0.2) is 0 Å². The summed E-state index contributed by atoms with van der Waals surface area (Å²) < 4.78 is 0. The second kappa shape index (κ2) is 4.80. The van der Waals surface area contributed by atoms with Gasteiger partial charge in [-0.25, -0.2) is 4.79 Å². The summed E-state index contributed by atoms with van der Waals surface area (Å²) in [5.41, 5.74) is 0. The number of hydrogen-bond acceptors (Lipinski definition) is 4. The summed E-state index contributed by atoms with van der Waals surface area (Å²) in [7, 11) is 0. The average Bonchev–Trinajstić information content (AvgIpc) is 2.68. The molecule has 2 aliphatic heterocycles. The minimum atomic E-state index is -0.257. The summed E-state index contributed by atoms with van der Waals surface area (Å²) in [5, 5.41) is 5.90. The minimum Gasteiger partial charge on any atom is -0.336 e. The maximum absolute atomic E-state index is 11.9. The van der Waals surface area contributed by atoms with Crippen LogP contribution in [0, 0.1) is 0 Å². The van der Waals surface area contributed by atoms with E-state index in [0.29, 0.717) is 25.7 Å². The zero-order valence-corrected chi connectivity index (χ0v) is 9.53. The third kappa shape index (κ3) is 2.33. The van der Waals surface area contributed by atoms with Gasteiger partial charge < -0.3 is 10.6 Å². The molecule has 6 nitrogen and oxygen atoms in total. The maximum Gasteiger partial charge on any atom is 0.324 e. The number of hydrogen-bond donors (Lipinski definition) is 2. The van der Waals surface area contributed by atoms with Gasteiger partial charge in [-0.3, -0.25) is 14.6 Å². The fourth-order valence-electron chi connectivity index (χ4n) is 2.09. The van der Waals surface area contributed by atoms with E-state index in [0.717, 1.165) is 19.6 Å². The molecule has 0 saturated carbocycles. The highest BCUT2D eigenvalue weighted by Gasteiger charge is 2.29. The molecule has 0 aromatic heterocycles. The first-order valence-corrected chi connectivity index (χ1v) is 5.71. The molecule has 2 saturated heterocycles. The van der Waals surface area contributed by atoms with Crippen LogP contribution < -0.4 is 10.6 Å². The lowest BCUT2D eigenvalue weighted by atomic mass is 10.2. The lowest BCUT2D eigenvalue weighted by Crippen LogP contribution is -2.53. The zero-order valence-electron chi connectivity index (χ0n) is 9.53. The molecule has 0 spiro atoms. The van der Waals surface area contributed by atoms with Gasteiger partial charge in [-0.15, -0.1) is 0 Å². The van der Waals surface area contributed by atoms with Crippen LogP contribution in [-0.2, 0) is 4.79 Å². The van der Waals surface area contributed by atoms with Crippen molar-refractivity contribution in [2.24, 2.45) is 0 Å². The number of amides is 3. The van der Waals surface area contributed by atoms with Crippen LogP contribution in [0.1, 0.15) is 6.92 Å². The van der Waals surface area contributed by atoms with Crippen molar-refractivity contribution in [3.63, 3.8) is 0 Å². The molecule has 2 heterocycles. The van der Waals surface area contributed by atoms with Gasteiger partial charge in [0.2, 0.25) is 5.91 Å². The van der Waals surface area contributed by atoms with Gasteiger partial charge in [-0.1, -0.05) is 0 Å². The summed E-state index contributed by atoms with van der Waals surface area (Å²) in [6.07, 6.45) is 0. The molecule has 0 unspecified atom stereocenters. The molecule has 0 aliphatic carbocycles. The van der Waals surface area contributed by atoms with Gasteiger partial charge >= 0.3 is 6.03 Å². The van der Waals surface area contributed by atoms with Crippen LogP contribution in [0.3, 0.4) is 0 Å². The first-order valence-electron chi connectivity index (χ1n) is 5.71.